The van der Waals surface area contributed by atoms with E-state index in [9.17, 15) is 9.18 Å². The van der Waals surface area contributed by atoms with Gasteiger partial charge in [0.15, 0.2) is 11.6 Å². The molecule has 0 unspecified atom stereocenters. The van der Waals surface area contributed by atoms with Crippen molar-refractivity contribution in [3.63, 3.8) is 0 Å². The van der Waals surface area contributed by atoms with Gasteiger partial charge in [0.25, 0.3) is 0 Å². The number of halogens is 1. The van der Waals surface area contributed by atoms with E-state index in [0.717, 1.165) is 18.9 Å². The van der Waals surface area contributed by atoms with Gasteiger partial charge in [0, 0.05) is 25.4 Å². The Morgan fingerprint density at radius 2 is 2.11 bits per heavy atom. The molecule has 0 saturated carbocycles. The number of aliphatic carboxylic acids is 1. The number of para-hydroxylation sites is 1. The van der Waals surface area contributed by atoms with E-state index in [1.165, 1.54) is 18.2 Å². The van der Waals surface area contributed by atoms with Crippen LogP contribution in [0.4, 0.5) is 4.39 Å². The minimum absolute atomic E-state index is 0.0809. The normalized spacial score (nSPS) is 10.8. The monoisotopic (exact) mass is 268 g/mol. The zero-order chi connectivity index (χ0) is 14.1. The van der Waals surface area contributed by atoms with Crippen molar-refractivity contribution in [2.75, 3.05) is 20.3 Å². The summed E-state index contributed by atoms with van der Waals surface area (Å²) in [5.74, 6) is -1.51. The van der Waals surface area contributed by atoms with Crippen LogP contribution in [-0.4, -0.2) is 31.4 Å². The van der Waals surface area contributed by atoms with Crippen molar-refractivity contribution in [2.24, 2.45) is 0 Å². The Morgan fingerprint density at radius 3 is 2.79 bits per heavy atom. The number of hydrogen-bond acceptors (Lipinski definition) is 3. The molecule has 19 heavy (non-hydrogen) atoms. The molecular formula is C14H17FO4. The summed E-state index contributed by atoms with van der Waals surface area (Å²) in [6.45, 7) is 0.991. The fourth-order valence-corrected chi connectivity index (χ4v) is 1.49. The Kier molecular flexibility index (Phi) is 6.60. The van der Waals surface area contributed by atoms with Gasteiger partial charge in [-0.3, -0.25) is 0 Å². The van der Waals surface area contributed by atoms with Gasteiger partial charge in [-0.15, -0.1) is 0 Å². The highest BCUT2D eigenvalue weighted by atomic mass is 19.1. The Morgan fingerprint density at radius 1 is 1.37 bits per heavy atom. The number of carboxylic acids is 1. The highest BCUT2D eigenvalue weighted by molar-refractivity contribution is 5.85. The second-order valence-corrected chi connectivity index (χ2v) is 3.88. The second-order valence-electron chi connectivity index (χ2n) is 3.88. The van der Waals surface area contributed by atoms with Gasteiger partial charge in [0.1, 0.15) is 0 Å². The maximum atomic E-state index is 13.6. The van der Waals surface area contributed by atoms with Crippen molar-refractivity contribution in [2.45, 2.75) is 12.8 Å². The van der Waals surface area contributed by atoms with E-state index in [1.54, 1.807) is 13.2 Å². The largest absolute Gasteiger partial charge is 0.490 e. The fraction of sp³-hybridized carbons (Fsp3) is 0.357. The van der Waals surface area contributed by atoms with E-state index in [2.05, 4.69) is 0 Å². The van der Waals surface area contributed by atoms with Crippen LogP contribution in [0, 0.1) is 5.82 Å². The molecule has 1 N–H and O–H groups in total. The molecule has 1 aromatic rings. The van der Waals surface area contributed by atoms with Gasteiger partial charge in [0.2, 0.25) is 0 Å². The number of hydrogen-bond donors (Lipinski definition) is 1. The third-order valence-corrected chi connectivity index (χ3v) is 2.39. The highest BCUT2D eigenvalue weighted by Crippen LogP contribution is 2.24. The molecule has 4 nitrogen and oxygen atoms in total. The number of carboxylic acid groups (broad SMARTS) is 1. The first-order valence-electron chi connectivity index (χ1n) is 5.96. The molecule has 0 atom stereocenters. The number of unbranched alkanes of at least 4 members (excludes halogenated alkanes) is 1. The van der Waals surface area contributed by atoms with Gasteiger partial charge in [-0.2, -0.15) is 0 Å². The average molecular weight is 268 g/mol. The molecule has 1 aromatic carbocycles. The molecule has 0 spiro atoms. The van der Waals surface area contributed by atoms with Crippen LogP contribution < -0.4 is 4.74 Å². The maximum absolute atomic E-state index is 13.6. The molecule has 104 valence electrons. The van der Waals surface area contributed by atoms with E-state index < -0.39 is 11.8 Å². The van der Waals surface area contributed by atoms with Crippen LogP contribution in [0.25, 0.3) is 6.08 Å². The van der Waals surface area contributed by atoms with E-state index in [0.29, 0.717) is 18.8 Å². The molecule has 0 aliphatic heterocycles. The van der Waals surface area contributed by atoms with Crippen molar-refractivity contribution in [1.29, 1.82) is 0 Å². The summed E-state index contributed by atoms with van der Waals surface area (Å²) in [7, 11) is 1.62. The molecule has 0 aliphatic rings. The minimum Gasteiger partial charge on any atom is -0.490 e. The molecule has 0 aliphatic carbocycles. The molecule has 0 bridgehead atoms. The van der Waals surface area contributed by atoms with Crippen LogP contribution in [-0.2, 0) is 9.53 Å². The van der Waals surface area contributed by atoms with Crippen molar-refractivity contribution in [3.05, 3.63) is 35.7 Å². The number of methoxy groups -OCH3 is 1. The average Bonchev–Trinajstić information content (AvgIpc) is 2.38. The first-order valence-corrected chi connectivity index (χ1v) is 5.96. The Labute approximate surface area is 111 Å². The van der Waals surface area contributed by atoms with Gasteiger partial charge in [-0.05, 0) is 25.0 Å². The topological polar surface area (TPSA) is 55.8 Å². The van der Waals surface area contributed by atoms with Gasteiger partial charge in [-0.1, -0.05) is 12.1 Å². The summed E-state index contributed by atoms with van der Waals surface area (Å²) in [4.78, 5) is 10.5. The summed E-state index contributed by atoms with van der Waals surface area (Å²) < 4.78 is 23.9. The van der Waals surface area contributed by atoms with E-state index in [4.69, 9.17) is 14.6 Å². The predicted molar refractivity (Wildman–Crippen MR) is 69.7 cm³/mol. The Bertz CT molecular complexity index is 443. The molecule has 0 radical (unpaired) electrons. The lowest BCUT2D eigenvalue weighted by Crippen LogP contribution is -2.02. The summed E-state index contributed by atoms with van der Waals surface area (Å²) >= 11 is 0. The predicted octanol–water partition coefficient (Wildman–Crippen LogP) is 2.73. The fourth-order valence-electron chi connectivity index (χ4n) is 1.49. The molecule has 0 fully saturated rings. The van der Waals surface area contributed by atoms with Crippen LogP contribution in [0.1, 0.15) is 18.4 Å². The van der Waals surface area contributed by atoms with Crippen LogP contribution in [0.2, 0.25) is 0 Å². The zero-order valence-corrected chi connectivity index (χ0v) is 10.8. The lowest BCUT2D eigenvalue weighted by atomic mass is 10.2. The second kappa shape index (κ2) is 8.26. The lowest BCUT2D eigenvalue weighted by molar-refractivity contribution is -0.131. The van der Waals surface area contributed by atoms with Gasteiger partial charge in [-0.25, -0.2) is 9.18 Å². The molecule has 0 heterocycles. The van der Waals surface area contributed by atoms with Crippen LogP contribution in [0.3, 0.4) is 0 Å². The summed E-state index contributed by atoms with van der Waals surface area (Å²) in [5, 5.41) is 8.57. The third kappa shape index (κ3) is 5.52. The molecular weight excluding hydrogens is 251 g/mol. The zero-order valence-electron chi connectivity index (χ0n) is 10.8. The van der Waals surface area contributed by atoms with Gasteiger partial charge in [0.05, 0.1) is 6.61 Å². The quantitative estimate of drug-likeness (QED) is 0.582. The van der Waals surface area contributed by atoms with Gasteiger partial charge >= 0.3 is 5.97 Å². The number of benzene rings is 1. The van der Waals surface area contributed by atoms with Crippen LogP contribution in [0.5, 0.6) is 5.75 Å². The molecule has 0 saturated heterocycles. The van der Waals surface area contributed by atoms with Crippen LogP contribution in [0.15, 0.2) is 24.3 Å². The van der Waals surface area contributed by atoms with E-state index >= 15 is 0 Å². The number of ether oxygens (including phenoxy) is 2. The number of rotatable bonds is 8. The summed E-state index contributed by atoms with van der Waals surface area (Å²) in [6, 6.07) is 4.39. The van der Waals surface area contributed by atoms with Crippen molar-refractivity contribution in [3.8, 4) is 5.75 Å². The van der Waals surface area contributed by atoms with E-state index in [-0.39, 0.29) is 5.75 Å². The lowest BCUT2D eigenvalue weighted by Gasteiger charge is -2.10. The van der Waals surface area contributed by atoms with Crippen molar-refractivity contribution >= 4 is 12.0 Å². The van der Waals surface area contributed by atoms with Gasteiger partial charge < -0.3 is 14.6 Å². The van der Waals surface area contributed by atoms with E-state index in [1.807, 2.05) is 0 Å². The SMILES string of the molecule is COCCCCOc1c(F)cccc1/C=C/C(=O)O. The smallest absolute Gasteiger partial charge is 0.328 e. The molecule has 0 amide bonds. The maximum Gasteiger partial charge on any atom is 0.328 e. The van der Waals surface area contributed by atoms with Crippen molar-refractivity contribution in [1.82, 2.24) is 0 Å². The first kappa shape index (κ1) is 15.2. The third-order valence-electron chi connectivity index (χ3n) is 2.39. The Hall–Kier alpha value is -1.88. The molecule has 1 rings (SSSR count). The standard InChI is InChI=1S/C14H17FO4/c1-18-9-2-3-10-19-14-11(7-8-13(16)17)5-4-6-12(14)15/h4-8H,2-3,9-10H2,1H3,(H,16,17)/b8-7+. The Balaban J connectivity index is 2.66. The summed E-state index contributed by atoms with van der Waals surface area (Å²) in [5.41, 5.74) is 0.411. The molecule has 0 aromatic heterocycles. The number of carbonyl (C=O) groups is 1. The summed E-state index contributed by atoms with van der Waals surface area (Å²) in [6.07, 6.45) is 3.83. The first-order chi connectivity index (χ1) is 9.15. The van der Waals surface area contributed by atoms with Crippen molar-refractivity contribution < 1.29 is 23.8 Å². The molecule has 5 heteroatoms. The van der Waals surface area contributed by atoms with Crippen LogP contribution >= 0.6 is 0 Å². The highest BCUT2D eigenvalue weighted by Gasteiger charge is 2.07. The minimum atomic E-state index is -1.09.